The first-order valence-electron chi connectivity index (χ1n) is 9.54. The van der Waals surface area contributed by atoms with E-state index < -0.39 is 0 Å². The van der Waals surface area contributed by atoms with Gasteiger partial charge in [0.1, 0.15) is 0 Å². The van der Waals surface area contributed by atoms with Gasteiger partial charge in [0.25, 0.3) is 0 Å². The summed E-state index contributed by atoms with van der Waals surface area (Å²) in [6.45, 7) is 2.04. The van der Waals surface area contributed by atoms with Crippen LogP contribution in [0.5, 0.6) is 0 Å². The summed E-state index contributed by atoms with van der Waals surface area (Å²) in [6, 6.07) is 4.26. The Labute approximate surface area is 154 Å². The van der Waals surface area contributed by atoms with E-state index in [0.29, 0.717) is 11.7 Å². The maximum absolute atomic E-state index is 5.16. The summed E-state index contributed by atoms with van der Waals surface area (Å²) in [7, 11) is 0. The molecule has 1 N–H and O–H groups in total. The predicted octanol–water partition coefficient (Wildman–Crippen LogP) is 4.02. The molecule has 1 fully saturated rings. The highest BCUT2D eigenvalue weighted by Crippen LogP contribution is 2.45. The third-order valence-electron chi connectivity index (χ3n) is 5.75. The Morgan fingerprint density at radius 3 is 2.77 bits per heavy atom. The predicted molar refractivity (Wildman–Crippen MR) is 101 cm³/mol. The highest BCUT2D eigenvalue weighted by molar-refractivity contribution is 5.85. The quantitative estimate of drug-likeness (QED) is 0.773. The van der Waals surface area contributed by atoms with Crippen molar-refractivity contribution >= 4 is 0 Å². The summed E-state index contributed by atoms with van der Waals surface area (Å²) in [4.78, 5) is 9.55. The van der Waals surface area contributed by atoms with Crippen LogP contribution in [0.1, 0.15) is 62.1 Å². The van der Waals surface area contributed by atoms with Crippen LogP contribution < -0.4 is 0 Å². The Morgan fingerprint density at radius 2 is 2.00 bits per heavy atom. The summed E-state index contributed by atoms with van der Waals surface area (Å²) in [5.74, 6) is 1.16. The van der Waals surface area contributed by atoms with Crippen LogP contribution in [0, 0.1) is 6.92 Å². The number of hydrogen-bond donors (Lipinski definition) is 1. The number of pyridine rings is 2. The van der Waals surface area contributed by atoms with E-state index in [-0.39, 0.29) is 1.43 Å². The van der Waals surface area contributed by atoms with E-state index in [4.69, 9.17) is 4.98 Å². The summed E-state index contributed by atoms with van der Waals surface area (Å²) >= 11 is 0. The second kappa shape index (κ2) is 6.27. The van der Waals surface area contributed by atoms with Crippen molar-refractivity contribution in [1.29, 1.82) is 0 Å². The standard InChI is InChI=1S/C20H22N6.H2/c1-12-11-14(9-10-21-12)17-15-7-4-8-16(15)22-19(13-5-2-3-6-13)18(17)20-23-25-26-24-20;/h9-11,13H,2-8H2,1H3,(H,23,24,25,26);1H. The number of aryl methyl sites for hydroxylation is 2. The maximum Gasteiger partial charge on any atom is 0.207 e. The van der Waals surface area contributed by atoms with Gasteiger partial charge in [-0.15, -0.1) is 10.2 Å². The van der Waals surface area contributed by atoms with E-state index in [0.717, 1.165) is 24.1 Å². The van der Waals surface area contributed by atoms with Gasteiger partial charge in [-0.3, -0.25) is 9.97 Å². The molecule has 3 aromatic heterocycles. The van der Waals surface area contributed by atoms with Crippen molar-refractivity contribution in [3.8, 4) is 22.5 Å². The van der Waals surface area contributed by atoms with Crippen molar-refractivity contribution in [3.05, 3.63) is 41.0 Å². The van der Waals surface area contributed by atoms with Crippen molar-refractivity contribution < 1.29 is 1.43 Å². The lowest BCUT2D eigenvalue weighted by molar-refractivity contribution is 0.693. The smallest absolute Gasteiger partial charge is 0.207 e. The van der Waals surface area contributed by atoms with Crippen molar-refractivity contribution in [1.82, 2.24) is 30.6 Å². The average molecular weight is 348 g/mol. The summed E-state index contributed by atoms with van der Waals surface area (Å²) < 4.78 is 0. The molecule has 3 heterocycles. The monoisotopic (exact) mass is 348 g/mol. The minimum Gasteiger partial charge on any atom is -0.262 e. The Balaban J connectivity index is 0.00000180. The minimum absolute atomic E-state index is 0. The van der Waals surface area contributed by atoms with Crippen LogP contribution >= 0.6 is 0 Å². The van der Waals surface area contributed by atoms with Crippen LogP contribution in [-0.4, -0.2) is 30.6 Å². The fourth-order valence-corrected chi connectivity index (χ4v) is 4.61. The van der Waals surface area contributed by atoms with E-state index in [2.05, 4.69) is 37.7 Å². The van der Waals surface area contributed by atoms with Gasteiger partial charge in [0.15, 0.2) is 0 Å². The van der Waals surface area contributed by atoms with Crippen LogP contribution in [-0.2, 0) is 12.8 Å². The van der Waals surface area contributed by atoms with Gasteiger partial charge in [-0.1, -0.05) is 12.8 Å². The Hall–Kier alpha value is -2.63. The fourth-order valence-electron chi connectivity index (χ4n) is 4.61. The van der Waals surface area contributed by atoms with Crippen molar-refractivity contribution in [3.63, 3.8) is 0 Å². The number of aromatic amines is 1. The maximum atomic E-state index is 5.16. The number of rotatable bonds is 3. The number of tetrazole rings is 1. The third kappa shape index (κ3) is 2.52. The zero-order chi connectivity index (χ0) is 17.5. The van der Waals surface area contributed by atoms with Gasteiger partial charge in [0.2, 0.25) is 5.82 Å². The summed E-state index contributed by atoms with van der Waals surface area (Å²) in [5.41, 5.74) is 8.35. The van der Waals surface area contributed by atoms with Gasteiger partial charge in [0, 0.05) is 24.9 Å². The van der Waals surface area contributed by atoms with E-state index in [9.17, 15) is 0 Å². The van der Waals surface area contributed by atoms with E-state index in [1.807, 2.05) is 13.1 Å². The molecule has 6 nitrogen and oxygen atoms in total. The molecule has 6 heteroatoms. The average Bonchev–Trinajstić information content (AvgIpc) is 3.41. The van der Waals surface area contributed by atoms with Gasteiger partial charge >= 0.3 is 0 Å². The molecule has 2 aliphatic rings. The van der Waals surface area contributed by atoms with Crippen LogP contribution in [0.25, 0.3) is 22.5 Å². The SMILES string of the molecule is Cc1cc(-c2c3c(nc(C4CCCC4)c2-c2nn[nH]n2)CCC3)ccn1.[HH]. The number of hydrogen-bond acceptors (Lipinski definition) is 5. The molecule has 5 rings (SSSR count). The van der Waals surface area contributed by atoms with Gasteiger partial charge in [-0.05, 0) is 73.1 Å². The molecule has 3 aromatic rings. The van der Waals surface area contributed by atoms with Crippen molar-refractivity contribution in [2.24, 2.45) is 0 Å². The second-order valence-corrected chi connectivity index (χ2v) is 7.43. The highest BCUT2D eigenvalue weighted by Gasteiger charge is 2.31. The molecule has 0 atom stereocenters. The molecule has 0 saturated heterocycles. The molecular weight excluding hydrogens is 324 g/mol. The van der Waals surface area contributed by atoms with E-state index in [1.165, 1.54) is 60.2 Å². The summed E-state index contributed by atoms with van der Waals surface area (Å²) in [6.07, 6.45) is 10.1. The van der Waals surface area contributed by atoms with Crippen LogP contribution in [0.2, 0.25) is 0 Å². The Morgan fingerprint density at radius 1 is 1.12 bits per heavy atom. The molecule has 0 spiro atoms. The van der Waals surface area contributed by atoms with Gasteiger partial charge < -0.3 is 0 Å². The minimum atomic E-state index is 0. The zero-order valence-corrected chi connectivity index (χ0v) is 15.0. The third-order valence-corrected chi connectivity index (χ3v) is 5.75. The molecule has 134 valence electrons. The Bertz CT molecular complexity index is 947. The number of fused-ring (bicyclic) bond motifs is 1. The lowest BCUT2D eigenvalue weighted by atomic mass is 9.88. The van der Waals surface area contributed by atoms with Crippen LogP contribution in [0.15, 0.2) is 18.3 Å². The van der Waals surface area contributed by atoms with Crippen LogP contribution in [0.4, 0.5) is 0 Å². The highest BCUT2D eigenvalue weighted by atomic mass is 15.5. The summed E-state index contributed by atoms with van der Waals surface area (Å²) in [5, 5.41) is 15.2. The Kier molecular flexibility index (Phi) is 3.76. The molecule has 26 heavy (non-hydrogen) atoms. The number of aromatic nitrogens is 6. The fraction of sp³-hybridized carbons (Fsp3) is 0.450. The lowest BCUT2D eigenvalue weighted by Gasteiger charge is -2.20. The van der Waals surface area contributed by atoms with E-state index >= 15 is 0 Å². The number of nitrogens with one attached hydrogen (secondary N) is 1. The molecule has 0 aliphatic heterocycles. The first-order valence-corrected chi connectivity index (χ1v) is 9.54. The van der Waals surface area contributed by atoms with Gasteiger partial charge in [-0.25, -0.2) is 0 Å². The van der Waals surface area contributed by atoms with Crippen LogP contribution in [0.3, 0.4) is 0 Å². The lowest BCUT2D eigenvalue weighted by Crippen LogP contribution is -2.08. The molecule has 0 aromatic carbocycles. The first kappa shape index (κ1) is 15.6. The largest absolute Gasteiger partial charge is 0.262 e. The molecule has 2 aliphatic carbocycles. The van der Waals surface area contributed by atoms with Gasteiger partial charge in [-0.2, -0.15) is 5.21 Å². The molecule has 0 radical (unpaired) electrons. The van der Waals surface area contributed by atoms with E-state index in [1.54, 1.807) is 0 Å². The normalized spacial score (nSPS) is 17.0. The zero-order valence-electron chi connectivity index (χ0n) is 15.0. The van der Waals surface area contributed by atoms with Gasteiger partial charge in [0.05, 0.1) is 11.3 Å². The molecular formula is C20H24N6. The number of H-pyrrole nitrogens is 1. The van der Waals surface area contributed by atoms with Crippen molar-refractivity contribution in [2.45, 2.75) is 57.8 Å². The molecule has 0 unspecified atom stereocenters. The number of nitrogens with zero attached hydrogens (tertiary/aromatic N) is 5. The molecule has 1 saturated carbocycles. The topological polar surface area (TPSA) is 80.2 Å². The first-order chi connectivity index (χ1) is 12.8. The second-order valence-electron chi connectivity index (χ2n) is 7.43. The molecule has 0 amide bonds. The molecule has 0 bridgehead atoms. The van der Waals surface area contributed by atoms with Crippen molar-refractivity contribution in [2.75, 3.05) is 0 Å².